The first-order valence-electron chi connectivity index (χ1n) is 8.25. The summed E-state index contributed by atoms with van der Waals surface area (Å²) < 4.78 is 32.6. The Morgan fingerprint density at radius 1 is 1.29 bits per heavy atom. The van der Waals surface area contributed by atoms with Crippen LogP contribution in [0.5, 0.6) is 0 Å². The summed E-state index contributed by atoms with van der Waals surface area (Å²) in [6.45, 7) is 8.63. The fourth-order valence-electron chi connectivity index (χ4n) is 3.46. The maximum absolute atomic E-state index is 12.2. The smallest absolute Gasteiger partial charge is 0.212 e. The van der Waals surface area contributed by atoms with Crippen LogP contribution in [0.1, 0.15) is 39.5 Å². The number of hydrogen-bond donors (Lipinski definition) is 1. The Hall–Kier alpha value is -0.170. The predicted octanol–water partition coefficient (Wildman–Crippen LogP) is 1.45. The fourth-order valence-corrected chi connectivity index (χ4v) is 5.19. The van der Waals surface area contributed by atoms with E-state index in [2.05, 4.69) is 16.5 Å². The quantitative estimate of drug-likeness (QED) is 0.805. The van der Waals surface area contributed by atoms with Crippen molar-refractivity contribution in [2.75, 3.05) is 38.6 Å². The Morgan fingerprint density at radius 2 is 2.00 bits per heavy atom. The van der Waals surface area contributed by atoms with Crippen molar-refractivity contribution < 1.29 is 13.2 Å². The number of likely N-dealkylation sites (tertiary alicyclic amines) is 1. The lowest BCUT2D eigenvalue weighted by molar-refractivity contribution is 0.0722. The third-order valence-corrected chi connectivity index (χ3v) is 6.12. The van der Waals surface area contributed by atoms with Crippen LogP contribution in [-0.2, 0) is 14.8 Å². The van der Waals surface area contributed by atoms with Gasteiger partial charge in [0.15, 0.2) is 0 Å². The van der Waals surface area contributed by atoms with Crippen molar-refractivity contribution >= 4 is 10.0 Å². The molecule has 2 aliphatic rings. The zero-order valence-electron chi connectivity index (χ0n) is 13.4. The highest BCUT2D eigenvalue weighted by atomic mass is 32.2. The van der Waals surface area contributed by atoms with Crippen molar-refractivity contribution in [3.8, 4) is 0 Å². The number of hydrogen-bond acceptors (Lipinski definition) is 4. The normalized spacial score (nSPS) is 27.6. The molecule has 0 amide bonds. The molecule has 2 heterocycles. The number of nitrogens with one attached hydrogen (secondary N) is 1. The molecule has 2 fully saturated rings. The van der Waals surface area contributed by atoms with Gasteiger partial charge in [-0.1, -0.05) is 6.92 Å². The molecule has 21 heavy (non-hydrogen) atoms. The minimum atomic E-state index is -3.18. The summed E-state index contributed by atoms with van der Waals surface area (Å²) in [6, 6.07) is -0.0138. The summed E-state index contributed by atoms with van der Waals surface area (Å²) in [4.78, 5) is 2.38. The molecule has 0 aromatic heterocycles. The van der Waals surface area contributed by atoms with Gasteiger partial charge >= 0.3 is 0 Å². The Bertz CT molecular complexity index is 407. The van der Waals surface area contributed by atoms with E-state index in [0.717, 1.165) is 38.4 Å². The lowest BCUT2D eigenvalue weighted by Crippen LogP contribution is -2.46. The first kappa shape index (κ1) is 17.2. The first-order valence-corrected chi connectivity index (χ1v) is 9.90. The highest BCUT2D eigenvalue weighted by Crippen LogP contribution is 2.17. The van der Waals surface area contributed by atoms with Crippen LogP contribution in [-0.4, -0.2) is 58.0 Å². The van der Waals surface area contributed by atoms with Crippen molar-refractivity contribution in [2.45, 2.75) is 45.6 Å². The van der Waals surface area contributed by atoms with Crippen molar-refractivity contribution in [3.05, 3.63) is 0 Å². The third-order valence-electron chi connectivity index (χ3n) is 4.45. The Kier molecular flexibility index (Phi) is 6.47. The molecule has 2 atom stereocenters. The molecular formula is C15H30N2O3S. The molecule has 124 valence electrons. The fraction of sp³-hybridized carbons (Fsp3) is 1.00. The number of nitrogens with zero attached hydrogens (tertiary/aromatic N) is 1. The van der Waals surface area contributed by atoms with E-state index < -0.39 is 10.0 Å². The van der Waals surface area contributed by atoms with Crippen LogP contribution >= 0.6 is 0 Å². The number of piperidine rings is 1. The van der Waals surface area contributed by atoms with E-state index in [1.165, 1.54) is 12.8 Å². The molecule has 2 aliphatic heterocycles. The van der Waals surface area contributed by atoms with Gasteiger partial charge in [-0.2, -0.15) is 0 Å². The van der Waals surface area contributed by atoms with Crippen LogP contribution in [0.15, 0.2) is 0 Å². The van der Waals surface area contributed by atoms with E-state index in [9.17, 15) is 8.42 Å². The van der Waals surface area contributed by atoms with Gasteiger partial charge in [0.05, 0.1) is 5.75 Å². The summed E-state index contributed by atoms with van der Waals surface area (Å²) in [5, 5.41) is 0. The summed E-state index contributed by atoms with van der Waals surface area (Å²) in [5.74, 6) is 1.22. The van der Waals surface area contributed by atoms with Crippen LogP contribution in [0.25, 0.3) is 0 Å². The van der Waals surface area contributed by atoms with Crippen LogP contribution in [0.2, 0.25) is 0 Å². The zero-order chi connectivity index (χ0) is 15.3. The molecule has 0 aromatic carbocycles. The molecule has 0 aromatic rings. The minimum Gasteiger partial charge on any atom is -0.381 e. The standard InChI is InChI=1S/C15H30N2O3S/c1-13-4-3-7-17(10-13)11-14(2)16-21(18,19)12-15-5-8-20-9-6-15/h13-16H,3-12H2,1-2H3/t13-,14-/m0/s1. The van der Waals surface area contributed by atoms with Crippen LogP contribution in [0, 0.1) is 11.8 Å². The lowest BCUT2D eigenvalue weighted by Gasteiger charge is -2.33. The van der Waals surface area contributed by atoms with Gasteiger partial charge in [-0.25, -0.2) is 13.1 Å². The van der Waals surface area contributed by atoms with Gasteiger partial charge < -0.3 is 9.64 Å². The van der Waals surface area contributed by atoms with Crippen molar-refractivity contribution in [3.63, 3.8) is 0 Å². The molecule has 0 spiro atoms. The minimum absolute atomic E-state index is 0.0138. The molecular weight excluding hydrogens is 288 g/mol. The molecule has 0 aliphatic carbocycles. The molecule has 6 heteroatoms. The Labute approximate surface area is 129 Å². The Morgan fingerprint density at radius 3 is 2.67 bits per heavy atom. The maximum Gasteiger partial charge on any atom is 0.212 e. The molecule has 0 saturated carbocycles. The van der Waals surface area contributed by atoms with Gasteiger partial charge in [0, 0.05) is 32.3 Å². The van der Waals surface area contributed by atoms with E-state index in [1.807, 2.05) is 6.92 Å². The van der Waals surface area contributed by atoms with Gasteiger partial charge in [-0.05, 0) is 51.0 Å². The number of ether oxygens (including phenoxy) is 1. The largest absolute Gasteiger partial charge is 0.381 e. The second-order valence-electron chi connectivity index (χ2n) is 6.86. The SMILES string of the molecule is C[C@H]1CCCN(C[C@H](C)NS(=O)(=O)CC2CCOCC2)C1. The summed E-state index contributed by atoms with van der Waals surface area (Å²) >= 11 is 0. The van der Waals surface area contributed by atoms with E-state index in [-0.39, 0.29) is 17.7 Å². The first-order chi connectivity index (χ1) is 9.94. The molecule has 0 radical (unpaired) electrons. The summed E-state index contributed by atoms with van der Waals surface area (Å²) in [6.07, 6.45) is 4.24. The zero-order valence-corrected chi connectivity index (χ0v) is 14.2. The average molecular weight is 318 g/mol. The third kappa shape index (κ3) is 6.22. The second kappa shape index (κ2) is 7.90. The van der Waals surface area contributed by atoms with Gasteiger partial charge in [0.1, 0.15) is 0 Å². The lowest BCUT2D eigenvalue weighted by atomic mass is 10.00. The van der Waals surface area contributed by atoms with E-state index in [1.54, 1.807) is 0 Å². The van der Waals surface area contributed by atoms with Crippen molar-refractivity contribution in [1.29, 1.82) is 0 Å². The average Bonchev–Trinajstić information content (AvgIpc) is 2.38. The van der Waals surface area contributed by atoms with E-state index in [0.29, 0.717) is 13.2 Å². The van der Waals surface area contributed by atoms with Crippen molar-refractivity contribution in [1.82, 2.24) is 9.62 Å². The van der Waals surface area contributed by atoms with Crippen LogP contribution in [0.4, 0.5) is 0 Å². The van der Waals surface area contributed by atoms with E-state index in [4.69, 9.17) is 4.74 Å². The molecule has 0 bridgehead atoms. The Balaban J connectivity index is 1.75. The van der Waals surface area contributed by atoms with Gasteiger partial charge in [0.2, 0.25) is 10.0 Å². The second-order valence-corrected chi connectivity index (χ2v) is 8.66. The van der Waals surface area contributed by atoms with Gasteiger partial charge in [-0.15, -0.1) is 0 Å². The summed E-state index contributed by atoms with van der Waals surface area (Å²) in [5.41, 5.74) is 0. The molecule has 1 N–H and O–H groups in total. The highest BCUT2D eigenvalue weighted by molar-refractivity contribution is 7.89. The van der Waals surface area contributed by atoms with Crippen LogP contribution < -0.4 is 4.72 Å². The molecule has 2 rings (SSSR count). The molecule has 2 saturated heterocycles. The van der Waals surface area contributed by atoms with Gasteiger partial charge in [0.25, 0.3) is 0 Å². The monoisotopic (exact) mass is 318 g/mol. The molecule has 0 unspecified atom stereocenters. The highest BCUT2D eigenvalue weighted by Gasteiger charge is 2.24. The van der Waals surface area contributed by atoms with Gasteiger partial charge in [-0.3, -0.25) is 0 Å². The topological polar surface area (TPSA) is 58.6 Å². The summed E-state index contributed by atoms with van der Waals surface area (Å²) in [7, 11) is -3.18. The maximum atomic E-state index is 12.2. The van der Waals surface area contributed by atoms with E-state index >= 15 is 0 Å². The predicted molar refractivity (Wildman–Crippen MR) is 84.8 cm³/mol. The van der Waals surface area contributed by atoms with Crippen LogP contribution in [0.3, 0.4) is 0 Å². The number of sulfonamides is 1. The number of rotatable bonds is 6. The van der Waals surface area contributed by atoms with Crippen molar-refractivity contribution in [2.24, 2.45) is 11.8 Å². The molecule has 5 nitrogen and oxygen atoms in total.